The summed E-state index contributed by atoms with van der Waals surface area (Å²) in [5, 5.41) is 15.8. The third-order valence-electron chi connectivity index (χ3n) is 2.94. The van der Waals surface area contributed by atoms with Crippen LogP contribution in [0.25, 0.3) is 11.4 Å². The van der Waals surface area contributed by atoms with E-state index < -0.39 is 0 Å². The van der Waals surface area contributed by atoms with Crippen molar-refractivity contribution < 1.29 is 4.74 Å². The Bertz CT molecular complexity index is 697. The van der Waals surface area contributed by atoms with E-state index in [4.69, 9.17) is 4.74 Å². The lowest BCUT2D eigenvalue weighted by Gasteiger charge is -2.06. The van der Waals surface area contributed by atoms with Crippen LogP contribution in [0.3, 0.4) is 0 Å². The summed E-state index contributed by atoms with van der Waals surface area (Å²) >= 11 is 0. The van der Waals surface area contributed by atoms with Crippen molar-refractivity contribution in [2.24, 2.45) is 0 Å². The molecule has 0 unspecified atom stereocenters. The minimum absolute atomic E-state index is 0.509. The Kier molecular flexibility index (Phi) is 3.82. The first-order valence-corrected chi connectivity index (χ1v) is 6.62. The van der Waals surface area contributed by atoms with Crippen LogP contribution in [-0.2, 0) is 6.61 Å². The lowest BCUT2D eigenvalue weighted by atomic mass is 10.2. The summed E-state index contributed by atoms with van der Waals surface area (Å²) in [6.07, 6.45) is 0. The molecule has 1 aromatic heterocycles. The Balaban J connectivity index is 1.68. The van der Waals surface area contributed by atoms with Crippen LogP contribution >= 0.6 is 0 Å². The molecule has 2 aromatic carbocycles. The smallest absolute Gasteiger partial charge is 0.203 e. The summed E-state index contributed by atoms with van der Waals surface area (Å²) < 4.78 is 5.73. The molecule has 0 aliphatic heterocycles. The Morgan fingerprint density at radius 2 is 1.48 bits per heavy atom. The van der Waals surface area contributed by atoms with E-state index in [0.29, 0.717) is 18.3 Å². The van der Waals surface area contributed by atoms with E-state index in [-0.39, 0.29) is 0 Å². The van der Waals surface area contributed by atoms with Crippen LogP contribution in [0, 0.1) is 6.92 Å². The van der Waals surface area contributed by atoms with Crippen molar-refractivity contribution in [3.05, 3.63) is 66.0 Å². The van der Waals surface area contributed by atoms with Crippen molar-refractivity contribution in [1.29, 1.82) is 0 Å². The van der Waals surface area contributed by atoms with Gasteiger partial charge in [0.1, 0.15) is 12.4 Å². The van der Waals surface area contributed by atoms with E-state index in [0.717, 1.165) is 16.9 Å². The second kappa shape index (κ2) is 6.09. The molecule has 0 saturated carbocycles. The average Bonchev–Trinajstić information content (AvgIpc) is 2.55. The van der Waals surface area contributed by atoms with Crippen molar-refractivity contribution in [2.75, 3.05) is 0 Å². The monoisotopic (exact) mass is 278 g/mol. The first kappa shape index (κ1) is 13.2. The van der Waals surface area contributed by atoms with E-state index >= 15 is 0 Å². The van der Waals surface area contributed by atoms with Crippen molar-refractivity contribution in [1.82, 2.24) is 20.4 Å². The first-order chi connectivity index (χ1) is 10.3. The van der Waals surface area contributed by atoms with Gasteiger partial charge in [0.05, 0.1) is 0 Å². The van der Waals surface area contributed by atoms with Crippen LogP contribution in [0.4, 0.5) is 0 Å². The zero-order chi connectivity index (χ0) is 14.5. The second-order valence-electron chi connectivity index (χ2n) is 4.57. The Morgan fingerprint density at radius 3 is 2.14 bits per heavy atom. The fourth-order valence-electron chi connectivity index (χ4n) is 1.84. The molecule has 0 fully saturated rings. The molecule has 0 amide bonds. The molecular formula is C16H14N4O. The summed E-state index contributed by atoms with van der Waals surface area (Å²) in [5.74, 6) is 1.87. The van der Waals surface area contributed by atoms with Crippen LogP contribution < -0.4 is 4.74 Å². The number of aromatic nitrogens is 4. The predicted molar refractivity (Wildman–Crippen MR) is 78.6 cm³/mol. The minimum atomic E-state index is 0.509. The van der Waals surface area contributed by atoms with Gasteiger partial charge in [-0.2, -0.15) is 0 Å². The zero-order valence-electron chi connectivity index (χ0n) is 11.6. The zero-order valence-corrected chi connectivity index (χ0v) is 11.6. The Hall–Kier alpha value is -2.82. The van der Waals surface area contributed by atoms with Gasteiger partial charge in [-0.25, -0.2) is 0 Å². The molecule has 5 nitrogen and oxygen atoms in total. The molecule has 5 heteroatoms. The van der Waals surface area contributed by atoms with Crippen molar-refractivity contribution >= 4 is 0 Å². The van der Waals surface area contributed by atoms with Gasteiger partial charge >= 0.3 is 0 Å². The molecule has 3 rings (SSSR count). The minimum Gasteiger partial charge on any atom is -0.489 e. The van der Waals surface area contributed by atoms with Gasteiger partial charge in [-0.15, -0.1) is 20.4 Å². The number of rotatable bonds is 4. The molecule has 21 heavy (non-hydrogen) atoms. The molecular weight excluding hydrogens is 264 g/mol. The molecule has 0 atom stereocenters. The van der Waals surface area contributed by atoms with Crippen molar-refractivity contribution in [2.45, 2.75) is 13.5 Å². The fourth-order valence-corrected chi connectivity index (χ4v) is 1.84. The molecule has 104 valence electrons. The lowest BCUT2D eigenvalue weighted by molar-refractivity contribution is 0.306. The quantitative estimate of drug-likeness (QED) is 0.734. The highest BCUT2D eigenvalue weighted by atomic mass is 16.5. The number of benzene rings is 2. The van der Waals surface area contributed by atoms with Gasteiger partial charge in [-0.05, 0) is 36.8 Å². The van der Waals surface area contributed by atoms with Gasteiger partial charge in [0.2, 0.25) is 5.82 Å². The summed E-state index contributed by atoms with van der Waals surface area (Å²) in [4.78, 5) is 0. The van der Waals surface area contributed by atoms with Gasteiger partial charge < -0.3 is 4.74 Å². The standard InChI is InChI=1S/C16H14N4O/c1-12-17-19-16(20-18-12)14-7-9-15(10-8-14)21-11-13-5-3-2-4-6-13/h2-10H,11H2,1H3. The summed E-state index contributed by atoms with van der Waals surface area (Å²) in [6, 6.07) is 17.6. The molecule has 0 saturated heterocycles. The SMILES string of the molecule is Cc1nnc(-c2ccc(OCc3ccccc3)cc2)nn1. The van der Waals surface area contributed by atoms with Crippen molar-refractivity contribution in [3.63, 3.8) is 0 Å². The van der Waals surface area contributed by atoms with Crippen LogP contribution in [0.2, 0.25) is 0 Å². The first-order valence-electron chi connectivity index (χ1n) is 6.62. The second-order valence-corrected chi connectivity index (χ2v) is 4.57. The molecule has 0 aliphatic rings. The Morgan fingerprint density at radius 1 is 0.810 bits per heavy atom. The highest BCUT2D eigenvalue weighted by molar-refractivity contribution is 5.54. The van der Waals surface area contributed by atoms with Gasteiger partial charge in [-0.1, -0.05) is 30.3 Å². The average molecular weight is 278 g/mol. The van der Waals surface area contributed by atoms with Crippen LogP contribution in [-0.4, -0.2) is 20.4 Å². The van der Waals surface area contributed by atoms with E-state index in [1.54, 1.807) is 6.92 Å². The molecule has 1 heterocycles. The fraction of sp³-hybridized carbons (Fsp3) is 0.125. The number of aryl methyl sites for hydroxylation is 1. The van der Waals surface area contributed by atoms with E-state index in [1.165, 1.54) is 0 Å². The van der Waals surface area contributed by atoms with E-state index in [1.807, 2.05) is 54.6 Å². The highest BCUT2D eigenvalue weighted by Gasteiger charge is 2.03. The summed E-state index contributed by atoms with van der Waals surface area (Å²) in [5.41, 5.74) is 2.00. The topological polar surface area (TPSA) is 60.8 Å². The molecule has 0 radical (unpaired) electrons. The van der Waals surface area contributed by atoms with E-state index in [9.17, 15) is 0 Å². The number of nitrogens with zero attached hydrogens (tertiary/aromatic N) is 4. The van der Waals surface area contributed by atoms with Crippen LogP contribution in [0.5, 0.6) is 5.75 Å². The van der Waals surface area contributed by atoms with Gasteiger partial charge in [0.15, 0.2) is 5.82 Å². The Labute approximate surface area is 122 Å². The molecule has 0 bridgehead atoms. The van der Waals surface area contributed by atoms with E-state index in [2.05, 4.69) is 20.4 Å². The number of hydrogen-bond acceptors (Lipinski definition) is 5. The van der Waals surface area contributed by atoms with Crippen molar-refractivity contribution in [3.8, 4) is 17.1 Å². The third kappa shape index (κ3) is 3.39. The maximum atomic E-state index is 5.73. The predicted octanol–water partition coefficient (Wildman–Crippen LogP) is 2.82. The number of hydrogen-bond donors (Lipinski definition) is 0. The normalized spacial score (nSPS) is 10.3. The summed E-state index contributed by atoms with van der Waals surface area (Å²) in [7, 11) is 0. The largest absolute Gasteiger partial charge is 0.489 e. The van der Waals surface area contributed by atoms with Crippen LogP contribution in [0.1, 0.15) is 11.4 Å². The third-order valence-corrected chi connectivity index (χ3v) is 2.94. The van der Waals surface area contributed by atoms with Gasteiger partial charge in [-0.3, -0.25) is 0 Å². The highest BCUT2D eigenvalue weighted by Crippen LogP contribution is 2.19. The maximum Gasteiger partial charge on any atom is 0.203 e. The molecule has 0 spiro atoms. The molecule has 0 N–H and O–H groups in total. The van der Waals surface area contributed by atoms with Crippen LogP contribution in [0.15, 0.2) is 54.6 Å². The van der Waals surface area contributed by atoms with Gasteiger partial charge in [0.25, 0.3) is 0 Å². The number of ether oxygens (including phenoxy) is 1. The molecule has 0 aliphatic carbocycles. The molecule has 3 aromatic rings. The maximum absolute atomic E-state index is 5.73. The van der Waals surface area contributed by atoms with Gasteiger partial charge in [0, 0.05) is 5.56 Å². The summed E-state index contributed by atoms with van der Waals surface area (Å²) in [6.45, 7) is 2.30. The lowest BCUT2D eigenvalue weighted by Crippen LogP contribution is -1.99.